The Morgan fingerprint density at radius 2 is 1.82 bits per heavy atom. The number of urea groups is 1. The molecule has 1 fully saturated rings. The number of likely N-dealkylation sites (tertiary alicyclic amines) is 1. The van der Waals surface area contributed by atoms with E-state index in [4.69, 9.17) is 9.15 Å². The number of furan rings is 1. The summed E-state index contributed by atoms with van der Waals surface area (Å²) in [6.45, 7) is 3.41. The van der Waals surface area contributed by atoms with Crippen LogP contribution in [0.3, 0.4) is 0 Å². The molecule has 0 spiro atoms. The Morgan fingerprint density at radius 1 is 1.04 bits per heavy atom. The minimum Gasteiger partial charge on any atom is -0.490 e. The summed E-state index contributed by atoms with van der Waals surface area (Å²) in [5.74, 6) is 0.890. The number of amides is 2. The van der Waals surface area contributed by atoms with Crippen LogP contribution in [0.2, 0.25) is 0 Å². The fraction of sp³-hybridized carbons (Fsp3) is 0.294. The van der Waals surface area contributed by atoms with Gasteiger partial charge in [0.05, 0.1) is 24.0 Å². The molecule has 0 unspecified atom stereocenters. The molecule has 1 aliphatic rings. The van der Waals surface area contributed by atoms with Crippen molar-refractivity contribution in [1.82, 2.24) is 25.2 Å². The molecule has 2 amide bonds. The minimum absolute atomic E-state index is 0.0457. The van der Waals surface area contributed by atoms with E-state index < -0.39 is 33.2 Å². The highest BCUT2D eigenvalue weighted by atomic mass is 32.2. The summed E-state index contributed by atoms with van der Waals surface area (Å²) < 4.78 is 62.8. The highest BCUT2D eigenvalue weighted by Gasteiger charge is 2.25. The number of benzene rings is 2. The van der Waals surface area contributed by atoms with Gasteiger partial charge in [-0.1, -0.05) is 6.07 Å². The number of anilines is 3. The van der Waals surface area contributed by atoms with Crippen LogP contribution in [0.5, 0.6) is 5.75 Å². The number of hydrogen-bond donors (Lipinski definition) is 3. The number of nitrogens with one attached hydrogen (secondary N) is 3. The predicted octanol–water partition coefficient (Wildman–Crippen LogP) is 5.82. The highest BCUT2D eigenvalue weighted by Crippen LogP contribution is 2.31. The zero-order chi connectivity index (χ0) is 34.5. The number of halogens is 2. The molecule has 3 aromatic heterocycles. The van der Waals surface area contributed by atoms with Crippen LogP contribution in [-0.2, 0) is 16.4 Å². The van der Waals surface area contributed by atoms with Gasteiger partial charge in [0.25, 0.3) is 0 Å². The Hall–Kier alpha value is -5.15. The third-order valence-electron chi connectivity index (χ3n) is 8.04. The molecule has 0 saturated carbocycles. The molecule has 6 rings (SSSR count). The highest BCUT2D eigenvalue weighted by molar-refractivity contribution is 7.90. The number of fused-ring (bicyclic) bond motifs is 1. The van der Waals surface area contributed by atoms with E-state index in [0.29, 0.717) is 73.3 Å². The molecule has 1 saturated heterocycles. The molecule has 4 heterocycles. The van der Waals surface area contributed by atoms with Crippen LogP contribution in [0.4, 0.5) is 30.8 Å². The van der Waals surface area contributed by atoms with Crippen molar-refractivity contribution in [1.29, 1.82) is 0 Å². The number of pyridine rings is 1. The Labute approximate surface area is 281 Å². The molecule has 3 N–H and O–H groups in total. The molecule has 49 heavy (non-hydrogen) atoms. The number of piperidine rings is 1. The molecule has 256 valence electrons. The van der Waals surface area contributed by atoms with E-state index in [2.05, 4.69) is 30.9 Å². The molecular formula is C34H35F2N7O5S. The summed E-state index contributed by atoms with van der Waals surface area (Å²) in [5.41, 5.74) is 2.47. The van der Waals surface area contributed by atoms with Crippen molar-refractivity contribution in [2.45, 2.75) is 32.4 Å². The van der Waals surface area contributed by atoms with Crippen molar-refractivity contribution in [3.05, 3.63) is 90.1 Å². The predicted molar refractivity (Wildman–Crippen MR) is 182 cm³/mol. The van der Waals surface area contributed by atoms with E-state index in [1.54, 1.807) is 6.20 Å². The number of aromatic nitrogens is 3. The van der Waals surface area contributed by atoms with Crippen molar-refractivity contribution in [2.75, 3.05) is 42.3 Å². The Balaban J connectivity index is 1.06. The zero-order valence-corrected chi connectivity index (χ0v) is 27.7. The first-order valence-electron chi connectivity index (χ1n) is 15.6. The van der Waals surface area contributed by atoms with E-state index >= 15 is 0 Å². The smallest absolute Gasteiger partial charge is 0.322 e. The standard InChI is InChI=1S/C34H35F2N7O5S/c1-21-16-22(6-8-30(21)47-23-10-13-43(14-11-23)34(44)42-32-26(35)4-3-5-27(32)36)41-33-25-17-28(38-19-29(25)39-20-40-33)31-9-7-24(48-31)18-37-12-15-49(2,45)46/h3-9,16-17,19-20,23,37H,10-15,18H2,1-2H3,(H,42,44)(H,39,40,41). The summed E-state index contributed by atoms with van der Waals surface area (Å²) in [4.78, 5) is 27.5. The fourth-order valence-electron chi connectivity index (χ4n) is 5.43. The maximum Gasteiger partial charge on any atom is 0.322 e. The van der Waals surface area contributed by atoms with Gasteiger partial charge in [-0.25, -0.2) is 32.0 Å². The van der Waals surface area contributed by atoms with E-state index in [0.717, 1.165) is 28.8 Å². The first kappa shape index (κ1) is 33.7. The van der Waals surface area contributed by atoms with Gasteiger partial charge < -0.3 is 30.0 Å². The lowest BCUT2D eigenvalue weighted by atomic mass is 10.1. The molecule has 1 aliphatic heterocycles. The number of nitrogens with zero attached hydrogens (tertiary/aromatic N) is 4. The monoisotopic (exact) mass is 691 g/mol. The first-order chi connectivity index (χ1) is 23.5. The van der Waals surface area contributed by atoms with E-state index in [1.807, 2.05) is 43.3 Å². The van der Waals surface area contributed by atoms with Crippen molar-refractivity contribution >= 4 is 44.0 Å². The lowest BCUT2D eigenvalue weighted by Gasteiger charge is -2.32. The first-order valence-corrected chi connectivity index (χ1v) is 17.7. The molecule has 0 radical (unpaired) electrons. The Kier molecular flexibility index (Phi) is 10.0. The number of ether oxygens (including phenoxy) is 1. The second kappa shape index (κ2) is 14.5. The number of sulfone groups is 1. The van der Waals surface area contributed by atoms with Crippen LogP contribution in [0.1, 0.15) is 24.2 Å². The van der Waals surface area contributed by atoms with Crippen LogP contribution in [0.15, 0.2) is 71.5 Å². The summed E-state index contributed by atoms with van der Waals surface area (Å²) in [5, 5.41) is 9.51. The van der Waals surface area contributed by atoms with Gasteiger partial charge in [0, 0.05) is 49.8 Å². The largest absolute Gasteiger partial charge is 0.490 e. The van der Waals surface area contributed by atoms with Gasteiger partial charge in [-0.3, -0.25) is 4.98 Å². The van der Waals surface area contributed by atoms with Crippen LogP contribution in [-0.4, -0.2) is 72.0 Å². The van der Waals surface area contributed by atoms with Crippen molar-refractivity contribution in [3.8, 4) is 17.2 Å². The minimum atomic E-state index is -3.04. The van der Waals surface area contributed by atoms with Crippen LogP contribution in [0, 0.1) is 18.6 Å². The van der Waals surface area contributed by atoms with Crippen molar-refractivity contribution < 1.29 is 31.1 Å². The van der Waals surface area contributed by atoms with Gasteiger partial charge in [-0.2, -0.15) is 0 Å². The second-order valence-electron chi connectivity index (χ2n) is 11.8. The lowest BCUT2D eigenvalue weighted by molar-refractivity contribution is 0.115. The Bertz CT molecular complexity index is 2060. The quantitative estimate of drug-likeness (QED) is 0.145. The molecule has 2 aromatic carbocycles. The van der Waals surface area contributed by atoms with Crippen LogP contribution < -0.4 is 20.7 Å². The number of carbonyl (C=O) groups is 1. The van der Waals surface area contributed by atoms with Crippen LogP contribution in [0.25, 0.3) is 22.4 Å². The summed E-state index contributed by atoms with van der Waals surface area (Å²) in [6.07, 6.45) is 5.31. The average Bonchev–Trinajstić information content (AvgIpc) is 3.55. The zero-order valence-electron chi connectivity index (χ0n) is 26.9. The third-order valence-corrected chi connectivity index (χ3v) is 8.99. The van der Waals surface area contributed by atoms with Gasteiger partial charge in [0.15, 0.2) is 5.76 Å². The molecule has 15 heteroatoms. The molecule has 5 aromatic rings. The van der Waals surface area contributed by atoms with Gasteiger partial charge in [-0.15, -0.1) is 0 Å². The summed E-state index contributed by atoms with van der Waals surface area (Å²) in [6, 6.07) is 14.1. The number of hydrogen-bond acceptors (Lipinski definition) is 10. The van der Waals surface area contributed by atoms with Crippen molar-refractivity contribution in [2.24, 2.45) is 0 Å². The summed E-state index contributed by atoms with van der Waals surface area (Å²) in [7, 11) is -3.04. The van der Waals surface area contributed by atoms with E-state index in [1.165, 1.54) is 23.5 Å². The molecule has 0 atom stereocenters. The molecule has 0 bridgehead atoms. The SMILES string of the molecule is Cc1cc(Nc2ncnc3cnc(-c4ccc(CNCCS(C)(=O)=O)o4)cc23)ccc1OC1CCN(C(=O)Nc2c(F)cccc2F)CC1. The number of carbonyl (C=O) groups excluding carboxylic acids is 1. The fourth-order valence-corrected chi connectivity index (χ4v) is 5.94. The normalized spacial score (nSPS) is 13.8. The number of rotatable bonds is 11. The molecular weight excluding hydrogens is 656 g/mol. The van der Waals surface area contributed by atoms with Gasteiger partial charge in [0.2, 0.25) is 0 Å². The lowest BCUT2D eigenvalue weighted by Crippen LogP contribution is -2.44. The number of para-hydroxylation sites is 1. The van der Waals surface area contributed by atoms with E-state index in [-0.39, 0.29) is 11.9 Å². The molecule has 12 nitrogen and oxygen atoms in total. The maximum absolute atomic E-state index is 14.0. The van der Waals surface area contributed by atoms with Gasteiger partial charge in [-0.05, 0) is 61.0 Å². The number of aryl methyl sites for hydroxylation is 1. The van der Waals surface area contributed by atoms with E-state index in [9.17, 15) is 22.0 Å². The van der Waals surface area contributed by atoms with Crippen LogP contribution >= 0.6 is 0 Å². The second-order valence-corrected chi connectivity index (χ2v) is 14.1. The maximum atomic E-state index is 14.0. The Morgan fingerprint density at radius 3 is 2.55 bits per heavy atom. The topological polar surface area (TPSA) is 152 Å². The molecule has 0 aliphatic carbocycles. The van der Waals surface area contributed by atoms with Gasteiger partial charge in [0.1, 0.15) is 62.6 Å². The summed E-state index contributed by atoms with van der Waals surface area (Å²) >= 11 is 0. The average molecular weight is 692 g/mol. The van der Waals surface area contributed by atoms with Gasteiger partial charge >= 0.3 is 6.03 Å². The third kappa shape index (κ3) is 8.48. The van der Waals surface area contributed by atoms with Crippen molar-refractivity contribution in [3.63, 3.8) is 0 Å².